The summed E-state index contributed by atoms with van der Waals surface area (Å²) in [5.74, 6) is 0.715. The molecule has 2 aromatic heterocycles. The number of nitrogens with zero attached hydrogens (tertiary/aromatic N) is 4. The number of anilines is 1. The summed E-state index contributed by atoms with van der Waals surface area (Å²) in [5, 5.41) is 3.20. The molecule has 0 unspecified atom stereocenters. The summed E-state index contributed by atoms with van der Waals surface area (Å²) in [7, 11) is 0. The van der Waals surface area contributed by atoms with Gasteiger partial charge in [0.25, 0.3) is 0 Å². The Morgan fingerprint density at radius 1 is 1.16 bits per heavy atom. The summed E-state index contributed by atoms with van der Waals surface area (Å²) in [6, 6.07) is 5.94. The SMILES string of the molecule is CCCNc1ncc(CN2CCC(OCc3ccccn3)CC2)cn1. The molecule has 0 atom stereocenters. The first-order valence-corrected chi connectivity index (χ1v) is 9.12. The molecule has 0 radical (unpaired) electrons. The molecule has 25 heavy (non-hydrogen) atoms. The van der Waals surface area contributed by atoms with Gasteiger partial charge in [-0.15, -0.1) is 0 Å². The maximum absolute atomic E-state index is 6.00. The van der Waals surface area contributed by atoms with Crippen LogP contribution in [0, 0.1) is 0 Å². The van der Waals surface area contributed by atoms with E-state index in [4.69, 9.17) is 4.74 Å². The molecule has 1 aliphatic rings. The van der Waals surface area contributed by atoms with Crippen molar-refractivity contribution in [1.82, 2.24) is 19.9 Å². The Morgan fingerprint density at radius 2 is 1.96 bits per heavy atom. The number of pyridine rings is 1. The molecule has 0 aliphatic carbocycles. The molecule has 1 aliphatic heterocycles. The van der Waals surface area contributed by atoms with Crippen LogP contribution in [0.5, 0.6) is 0 Å². The Bertz CT molecular complexity index is 611. The Morgan fingerprint density at radius 3 is 2.64 bits per heavy atom. The zero-order valence-corrected chi connectivity index (χ0v) is 14.9. The number of ether oxygens (including phenoxy) is 1. The van der Waals surface area contributed by atoms with Crippen LogP contribution in [-0.4, -0.2) is 45.6 Å². The zero-order valence-electron chi connectivity index (χ0n) is 14.9. The van der Waals surface area contributed by atoms with E-state index in [-0.39, 0.29) is 0 Å². The molecule has 0 amide bonds. The van der Waals surface area contributed by atoms with Crippen molar-refractivity contribution in [2.24, 2.45) is 0 Å². The lowest BCUT2D eigenvalue weighted by Gasteiger charge is -2.31. The average molecular weight is 341 g/mol. The van der Waals surface area contributed by atoms with Crippen LogP contribution in [0.15, 0.2) is 36.8 Å². The molecule has 134 valence electrons. The molecule has 2 aromatic rings. The molecule has 0 saturated carbocycles. The summed E-state index contributed by atoms with van der Waals surface area (Å²) in [6.07, 6.45) is 9.18. The van der Waals surface area contributed by atoms with E-state index < -0.39 is 0 Å². The van der Waals surface area contributed by atoms with E-state index in [2.05, 4.69) is 32.1 Å². The Hall–Kier alpha value is -2.05. The van der Waals surface area contributed by atoms with E-state index in [0.29, 0.717) is 18.7 Å². The van der Waals surface area contributed by atoms with Gasteiger partial charge in [-0.1, -0.05) is 13.0 Å². The second-order valence-corrected chi connectivity index (χ2v) is 6.45. The van der Waals surface area contributed by atoms with E-state index in [1.54, 1.807) is 0 Å². The molecular weight excluding hydrogens is 314 g/mol. The van der Waals surface area contributed by atoms with Crippen LogP contribution in [0.2, 0.25) is 0 Å². The number of nitrogens with one attached hydrogen (secondary N) is 1. The predicted molar refractivity (Wildman–Crippen MR) is 98.1 cm³/mol. The highest BCUT2D eigenvalue weighted by Gasteiger charge is 2.20. The van der Waals surface area contributed by atoms with Gasteiger partial charge >= 0.3 is 0 Å². The van der Waals surface area contributed by atoms with E-state index in [9.17, 15) is 0 Å². The molecule has 3 heterocycles. The zero-order chi connectivity index (χ0) is 17.3. The third kappa shape index (κ3) is 5.76. The van der Waals surface area contributed by atoms with Crippen molar-refractivity contribution in [3.8, 4) is 0 Å². The lowest BCUT2D eigenvalue weighted by molar-refractivity contribution is -0.00525. The highest BCUT2D eigenvalue weighted by molar-refractivity contribution is 5.24. The maximum Gasteiger partial charge on any atom is 0.222 e. The molecule has 1 N–H and O–H groups in total. The van der Waals surface area contributed by atoms with Crippen molar-refractivity contribution >= 4 is 5.95 Å². The molecule has 0 aromatic carbocycles. The number of likely N-dealkylation sites (tertiary alicyclic amines) is 1. The largest absolute Gasteiger partial charge is 0.372 e. The first-order chi connectivity index (χ1) is 12.3. The van der Waals surface area contributed by atoms with Crippen molar-refractivity contribution in [3.05, 3.63) is 48.0 Å². The van der Waals surface area contributed by atoms with Gasteiger partial charge in [-0.3, -0.25) is 9.88 Å². The van der Waals surface area contributed by atoms with Gasteiger partial charge in [0, 0.05) is 50.3 Å². The Balaban J connectivity index is 1.38. The van der Waals surface area contributed by atoms with Gasteiger partial charge in [0.05, 0.1) is 18.4 Å². The molecule has 6 nitrogen and oxygen atoms in total. The quantitative estimate of drug-likeness (QED) is 0.796. The van der Waals surface area contributed by atoms with Crippen LogP contribution in [0.1, 0.15) is 37.4 Å². The molecule has 0 bridgehead atoms. The van der Waals surface area contributed by atoms with Crippen LogP contribution in [0.4, 0.5) is 5.95 Å². The third-order valence-corrected chi connectivity index (χ3v) is 4.37. The molecule has 3 rings (SSSR count). The van der Waals surface area contributed by atoms with E-state index in [1.165, 1.54) is 0 Å². The summed E-state index contributed by atoms with van der Waals surface area (Å²) in [4.78, 5) is 15.5. The van der Waals surface area contributed by atoms with Gasteiger partial charge in [-0.25, -0.2) is 9.97 Å². The first-order valence-electron chi connectivity index (χ1n) is 9.12. The van der Waals surface area contributed by atoms with Gasteiger partial charge < -0.3 is 10.1 Å². The average Bonchev–Trinajstić information content (AvgIpc) is 2.68. The minimum Gasteiger partial charge on any atom is -0.372 e. The van der Waals surface area contributed by atoms with Gasteiger partial charge in [-0.2, -0.15) is 0 Å². The summed E-state index contributed by atoms with van der Waals surface area (Å²) >= 11 is 0. The number of aromatic nitrogens is 3. The fraction of sp³-hybridized carbons (Fsp3) is 0.526. The van der Waals surface area contributed by atoms with Gasteiger partial charge in [-0.05, 0) is 31.4 Å². The second-order valence-electron chi connectivity index (χ2n) is 6.45. The van der Waals surface area contributed by atoms with Gasteiger partial charge in [0.15, 0.2) is 0 Å². The Kier molecular flexibility index (Phi) is 6.71. The van der Waals surface area contributed by atoms with Gasteiger partial charge in [0.1, 0.15) is 0 Å². The highest BCUT2D eigenvalue weighted by atomic mass is 16.5. The lowest BCUT2D eigenvalue weighted by Crippen LogP contribution is -2.36. The van der Waals surface area contributed by atoms with Crippen LogP contribution >= 0.6 is 0 Å². The minimum atomic E-state index is 0.329. The lowest BCUT2D eigenvalue weighted by atomic mass is 10.1. The van der Waals surface area contributed by atoms with Crippen molar-refractivity contribution < 1.29 is 4.74 Å². The topological polar surface area (TPSA) is 63.2 Å². The summed E-state index contributed by atoms with van der Waals surface area (Å²) < 4.78 is 6.00. The van der Waals surface area contributed by atoms with E-state index >= 15 is 0 Å². The Labute approximate surface area is 149 Å². The number of rotatable bonds is 8. The predicted octanol–water partition coefficient (Wildman–Crippen LogP) is 2.87. The van der Waals surface area contributed by atoms with Crippen molar-refractivity contribution in [2.45, 2.75) is 45.4 Å². The summed E-state index contributed by atoms with van der Waals surface area (Å²) in [6.45, 7) is 6.63. The molecule has 6 heteroatoms. The molecule has 1 fully saturated rings. The van der Waals surface area contributed by atoms with Crippen LogP contribution < -0.4 is 5.32 Å². The number of hydrogen-bond acceptors (Lipinski definition) is 6. The summed E-state index contributed by atoms with van der Waals surface area (Å²) in [5.41, 5.74) is 2.16. The standard InChI is InChI=1S/C19H27N5O/c1-2-8-21-19-22-12-16(13-23-19)14-24-10-6-18(7-11-24)25-15-17-5-3-4-9-20-17/h3-5,9,12-13,18H,2,6-8,10-11,14-15H2,1H3,(H,21,22,23). The van der Waals surface area contributed by atoms with Crippen LogP contribution in [0.25, 0.3) is 0 Å². The van der Waals surface area contributed by atoms with Crippen molar-refractivity contribution in [3.63, 3.8) is 0 Å². The molecule has 1 saturated heterocycles. The van der Waals surface area contributed by atoms with Crippen molar-refractivity contribution in [2.75, 3.05) is 25.0 Å². The van der Waals surface area contributed by atoms with Crippen molar-refractivity contribution in [1.29, 1.82) is 0 Å². The molecular formula is C19H27N5O. The fourth-order valence-electron chi connectivity index (χ4n) is 2.94. The van der Waals surface area contributed by atoms with E-state index in [1.807, 2.05) is 36.8 Å². The second kappa shape index (κ2) is 9.44. The number of piperidine rings is 1. The number of hydrogen-bond donors (Lipinski definition) is 1. The molecule has 0 spiro atoms. The normalized spacial score (nSPS) is 16.0. The maximum atomic E-state index is 6.00. The first kappa shape index (κ1) is 17.8. The monoisotopic (exact) mass is 341 g/mol. The minimum absolute atomic E-state index is 0.329. The third-order valence-electron chi connectivity index (χ3n) is 4.37. The van der Waals surface area contributed by atoms with Gasteiger partial charge in [0.2, 0.25) is 5.95 Å². The van der Waals surface area contributed by atoms with Crippen LogP contribution in [-0.2, 0) is 17.9 Å². The van der Waals surface area contributed by atoms with E-state index in [0.717, 1.165) is 56.7 Å². The van der Waals surface area contributed by atoms with Crippen LogP contribution in [0.3, 0.4) is 0 Å². The highest BCUT2D eigenvalue weighted by Crippen LogP contribution is 2.17. The smallest absolute Gasteiger partial charge is 0.222 e. The fourth-order valence-corrected chi connectivity index (χ4v) is 2.94.